The largest absolute Gasteiger partial charge is 0.497 e. The third-order valence-corrected chi connectivity index (χ3v) is 4.58. The Bertz CT molecular complexity index is 729. The van der Waals surface area contributed by atoms with E-state index in [1.165, 1.54) is 5.56 Å². The summed E-state index contributed by atoms with van der Waals surface area (Å²) in [4.78, 5) is 14.5. The molecule has 0 saturated carbocycles. The van der Waals surface area contributed by atoms with E-state index in [1.807, 2.05) is 61.3 Å². The van der Waals surface area contributed by atoms with Gasteiger partial charge in [0.15, 0.2) is 0 Å². The van der Waals surface area contributed by atoms with Crippen LogP contribution in [-0.2, 0) is 17.8 Å². The number of nitrogens with zero attached hydrogens (tertiary/aromatic N) is 1. The van der Waals surface area contributed by atoms with E-state index in [-0.39, 0.29) is 11.9 Å². The lowest BCUT2D eigenvalue weighted by Gasteiger charge is -2.25. The number of carbonyl (C=O) groups excluding carboxylic acids is 1. The molecule has 0 heterocycles. The van der Waals surface area contributed by atoms with Gasteiger partial charge in [0, 0.05) is 23.9 Å². The Kier molecular flexibility index (Phi) is 7.04. The van der Waals surface area contributed by atoms with E-state index in [0.717, 1.165) is 29.2 Å². The second-order valence-corrected chi connectivity index (χ2v) is 6.31. The SMILES string of the molecule is CCc1ccc(NC(=O)[C@H](C)N(C)Cc2ccc(OC)cc2OC)cc1. The third kappa shape index (κ3) is 4.99. The highest BCUT2D eigenvalue weighted by atomic mass is 16.5. The molecule has 0 aliphatic heterocycles. The van der Waals surface area contributed by atoms with E-state index < -0.39 is 0 Å². The van der Waals surface area contributed by atoms with Gasteiger partial charge in [0.05, 0.1) is 20.3 Å². The molecule has 2 rings (SSSR count). The summed E-state index contributed by atoms with van der Waals surface area (Å²) in [6, 6.07) is 13.4. The molecule has 5 nitrogen and oxygen atoms in total. The first-order valence-electron chi connectivity index (χ1n) is 8.79. The van der Waals surface area contributed by atoms with Crippen molar-refractivity contribution in [3.63, 3.8) is 0 Å². The number of hydrogen-bond acceptors (Lipinski definition) is 4. The molecule has 1 N–H and O–H groups in total. The van der Waals surface area contributed by atoms with Crippen LogP contribution in [0, 0.1) is 0 Å². The van der Waals surface area contributed by atoms with Crippen molar-refractivity contribution in [2.45, 2.75) is 32.9 Å². The van der Waals surface area contributed by atoms with Crippen molar-refractivity contribution >= 4 is 11.6 Å². The fourth-order valence-electron chi connectivity index (χ4n) is 2.66. The molecule has 0 fully saturated rings. The summed E-state index contributed by atoms with van der Waals surface area (Å²) < 4.78 is 10.7. The number of rotatable bonds is 8. The van der Waals surface area contributed by atoms with Crippen molar-refractivity contribution < 1.29 is 14.3 Å². The van der Waals surface area contributed by atoms with Crippen LogP contribution < -0.4 is 14.8 Å². The number of likely N-dealkylation sites (N-methyl/N-ethyl adjacent to an activating group) is 1. The highest BCUT2D eigenvalue weighted by Crippen LogP contribution is 2.26. The summed E-state index contributed by atoms with van der Waals surface area (Å²) in [5, 5.41) is 2.97. The zero-order valence-corrected chi connectivity index (χ0v) is 16.2. The van der Waals surface area contributed by atoms with Crippen LogP contribution in [0.3, 0.4) is 0 Å². The summed E-state index contributed by atoms with van der Waals surface area (Å²) in [6.45, 7) is 4.60. The van der Waals surface area contributed by atoms with E-state index in [1.54, 1.807) is 14.2 Å². The van der Waals surface area contributed by atoms with E-state index >= 15 is 0 Å². The molecule has 140 valence electrons. The average Bonchev–Trinajstić information content (AvgIpc) is 2.68. The lowest BCUT2D eigenvalue weighted by atomic mass is 10.1. The Labute approximate surface area is 155 Å². The molecule has 5 heteroatoms. The zero-order valence-electron chi connectivity index (χ0n) is 16.2. The van der Waals surface area contributed by atoms with Crippen LogP contribution in [-0.4, -0.2) is 38.1 Å². The third-order valence-electron chi connectivity index (χ3n) is 4.58. The molecule has 0 saturated heterocycles. The minimum absolute atomic E-state index is 0.0378. The molecular weight excluding hydrogens is 328 g/mol. The number of amides is 1. The first-order chi connectivity index (χ1) is 12.5. The van der Waals surface area contributed by atoms with Gasteiger partial charge in [0.2, 0.25) is 5.91 Å². The van der Waals surface area contributed by atoms with Gasteiger partial charge in [-0.3, -0.25) is 9.69 Å². The fraction of sp³-hybridized carbons (Fsp3) is 0.381. The maximum absolute atomic E-state index is 12.5. The van der Waals surface area contributed by atoms with Gasteiger partial charge in [-0.25, -0.2) is 0 Å². The summed E-state index contributed by atoms with van der Waals surface area (Å²) >= 11 is 0. The van der Waals surface area contributed by atoms with Crippen molar-refractivity contribution in [3.05, 3.63) is 53.6 Å². The minimum atomic E-state index is -0.285. The predicted molar refractivity (Wildman–Crippen MR) is 105 cm³/mol. The molecule has 1 amide bonds. The number of anilines is 1. The Morgan fingerprint density at radius 1 is 1.12 bits per heavy atom. The molecular formula is C21H28N2O3. The van der Waals surface area contributed by atoms with Crippen LogP contribution in [0.15, 0.2) is 42.5 Å². The fourth-order valence-corrected chi connectivity index (χ4v) is 2.66. The summed E-state index contributed by atoms with van der Waals surface area (Å²) in [6.07, 6.45) is 0.983. The Morgan fingerprint density at radius 2 is 1.81 bits per heavy atom. The molecule has 0 aliphatic rings. The quantitative estimate of drug-likeness (QED) is 0.783. The van der Waals surface area contributed by atoms with Crippen LogP contribution >= 0.6 is 0 Å². The molecule has 0 aromatic heterocycles. The topological polar surface area (TPSA) is 50.8 Å². The summed E-state index contributed by atoms with van der Waals surface area (Å²) in [7, 11) is 5.18. The zero-order chi connectivity index (χ0) is 19.1. The van der Waals surface area contributed by atoms with Crippen molar-refractivity contribution in [1.29, 1.82) is 0 Å². The second-order valence-electron chi connectivity index (χ2n) is 6.31. The van der Waals surface area contributed by atoms with Crippen LogP contribution in [0.2, 0.25) is 0 Å². The van der Waals surface area contributed by atoms with Crippen LogP contribution in [0.25, 0.3) is 0 Å². The smallest absolute Gasteiger partial charge is 0.241 e. The van der Waals surface area contributed by atoms with Crippen LogP contribution in [0.1, 0.15) is 25.0 Å². The van der Waals surface area contributed by atoms with Crippen molar-refractivity contribution in [1.82, 2.24) is 4.90 Å². The number of ether oxygens (including phenoxy) is 2. The summed E-state index contributed by atoms with van der Waals surface area (Å²) in [5.74, 6) is 1.46. The highest BCUT2D eigenvalue weighted by Gasteiger charge is 2.19. The van der Waals surface area contributed by atoms with Gasteiger partial charge in [0.25, 0.3) is 0 Å². The molecule has 26 heavy (non-hydrogen) atoms. The van der Waals surface area contributed by atoms with Crippen LogP contribution in [0.4, 0.5) is 5.69 Å². The van der Waals surface area contributed by atoms with E-state index in [2.05, 4.69) is 12.2 Å². The van der Waals surface area contributed by atoms with Crippen molar-refractivity contribution in [3.8, 4) is 11.5 Å². The first kappa shape index (κ1) is 19.8. The predicted octanol–water partition coefficient (Wildman–Crippen LogP) is 3.73. The van der Waals surface area contributed by atoms with Gasteiger partial charge in [-0.2, -0.15) is 0 Å². The monoisotopic (exact) mass is 356 g/mol. The standard InChI is InChI=1S/C21H28N2O3/c1-6-16-7-10-18(11-8-16)22-21(24)15(2)23(3)14-17-9-12-19(25-4)13-20(17)26-5/h7-13,15H,6,14H2,1-5H3,(H,22,24)/t15-/m0/s1. The summed E-state index contributed by atoms with van der Waals surface area (Å²) in [5.41, 5.74) is 3.07. The second kappa shape index (κ2) is 9.25. The molecule has 2 aromatic rings. The normalized spacial score (nSPS) is 11.9. The molecule has 0 aliphatic carbocycles. The molecule has 0 bridgehead atoms. The van der Waals surface area contributed by atoms with Crippen LogP contribution in [0.5, 0.6) is 11.5 Å². The van der Waals surface area contributed by atoms with E-state index in [9.17, 15) is 4.79 Å². The number of carbonyl (C=O) groups is 1. The maximum atomic E-state index is 12.5. The number of methoxy groups -OCH3 is 2. The lowest BCUT2D eigenvalue weighted by molar-refractivity contribution is -0.120. The van der Waals surface area contributed by atoms with Gasteiger partial charge in [-0.15, -0.1) is 0 Å². The average molecular weight is 356 g/mol. The molecule has 0 spiro atoms. The van der Waals surface area contributed by atoms with Gasteiger partial charge < -0.3 is 14.8 Å². The molecule has 1 atom stereocenters. The molecule has 0 radical (unpaired) electrons. The molecule has 0 unspecified atom stereocenters. The Morgan fingerprint density at radius 3 is 2.38 bits per heavy atom. The Balaban J connectivity index is 2.01. The maximum Gasteiger partial charge on any atom is 0.241 e. The highest BCUT2D eigenvalue weighted by molar-refractivity contribution is 5.94. The lowest BCUT2D eigenvalue weighted by Crippen LogP contribution is -2.39. The van der Waals surface area contributed by atoms with E-state index in [4.69, 9.17) is 9.47 Å². The number of hydrogen-bond donors (Lipinski definition) is 1. The Hall–Kier alpha value is -2.53. The van der Waals surface area contributed by atoms with Crippen molar-refractivity contribution in [2.75, 3.05) is 26.6 Å². The van der Waals surface area contributed by atoms with Gasteiger partial charge in [-0.1, -0.05) is 25.1 Å². The van der Waals surface area contributed by atoms with Crippen molar-refractivity contribution in [2.24, 2.45) is 0 Å². The number of aryl methyl sites for hydroxylation is 1. The van der Waals surface area contributed by atoms with E-state index in [0.29, 0.717) is 6.54 Å². The van der Waals surface area contributed by atoms with Gasteiger partial charge in [0.1, 0.15) is 11.5 Å². The number of nitrogens with one attached hydrogen (secondary N) is 1. The minimum Gasteiger partial charge on any atom is -0.497 e. The first-order valence-corrected chi connectivity index (χ1v) is 8.79. The number of benzene rings is 2. The molecule has 2 aromatic carbocycles. The van der Waals surface area contributed by atoms with Gasteiger partial charge >= 0.3 is 0 Å². The van der Waals surface area contributed by atoms with Gasteiger partial charge in [-0.05, 0) is 44.2 Å².